The summed E-state index contributed by atoms with van der Waals surface area (Å²) in [5.74, 6) is 0. The second-order valence-corrected chi connectivity index (χ2v) is 16.8. The van der Waals surface area contributed by atoms with E-state index in [2.05, 4.69) is 246 Å². The molecule has 65 heavy (non-hydrogen) atoms. The molecule has 2 aromatic heterocycles. The molecular formula is C61H40N2O2. The fraction of sp³-hybridized carbons (Fsp3) is 0.0164. The van der Waals surface area contributed by atoms with E-state index in [1.807, 2.05) is 6.07 Å². The Morgan fingerprint density at radius 3 is 1.38 bits per heavy atom. The van der Waals surface area contributed by atoms with Crippen LogP contribution in [0.3, 0.4) is 0 Å². The summed E-state index contributed by atoms with van der Waals surface area (Å²) in [5, 5.41) is 4.19. The topological polar surface area (TPSA) is 32.8 Å². The minimum absolute atomic E-state index is 0.567. The highest BCUT2D eigenvalue weighted by Crippen LogP contribution is 2.57. The van der Waals surface area contributed by atoms with E-state index in [0.29, 0.717) is 0 Å². The fourth-order valence-electron chi connectivity index (χ4n) is 10.7. The van der Waals surface area contributed by atoms with Crippen molar-refractivity contribution in [2.45, 2.75) is 5.41 Å². The van der Waals surface area contributed by atoms with Gasteiger partial charge in [0, 0.05) is 33.5 Å². The lowest BCUT2D eigenvalue weighted by molar-refractivity contribution is 0.668. The second-order valence-electron chi connectivity index (χ2n) is 16.8. The molecule has 0 fully saturated rings. The quantitative estimate of drug-likeness (QED) is 0.153. The Hall–Kier alpha value is -8.60. The molecule has 12 aromatic rings. The van der Waals surface area contributed by atoms with Gasteiger partial charge < -0.3 is 18.6 Å². The molecule has 13 rings (SSSR count). The van der Waals surface area contributed by atoms with Crippen LogP contribution in [0.1, 0.15) is 22.3 Å². The van der Waals surface area contributed by atoms with Crippen LogP contribution in [0.4, 0.5) is 34.1 Å². The summed E-state index contributed by atoms with van der Waals surface area (Å²) >= 11 is 0. The Balaban J connectivity index is 1.09. The molecule has 4 heteroatoms. The molecule has 1 aliphatic carbocycles. The lowest BCUT2D eigenvalue weighted by Gasteiger charge is -2.35. The predicted octanol–water partition coefficient (Wildman–Crippen LogP) is 16.8. The summed E-state index contributed by atoms with van der Waals surface area (Å²) in [6, 6.07) is 86.9. The van der Waals surface area contributed by atoms with Crippen molar-refractivity contribution >= 4 is 78.0 Å². The first-order valence-electron chi connectivity index (χ1n) is 22.2. The van der Waals surface area contributed by atoms with Crippen molar-refractivity contribution in [3.8, 4) is 11.1 Å². The molecule has 10 aromatic carbocycles. The average molecular weight is 833 g/mol. The molecule has 1 aliphatic rings. The molecule has 2 heterocycles. The molecule has 0 spiro atoms. The van der Waals surface area contributed by atoms with E-state index >= 15 is 0 Å². The summed E-state index contributed by atoms with van der Waals surface area (Å²) < 4.78 is 13.3. The number of nitrogens with zero attached hydrogens (tertiary/aromatic N) is 2. The molecule has 306 valence electrons. The maximum Gasteiger partial charge on any atom is 0.137 e. The number of anilines is 6. The van der Waals surface area contributed by atoms with Gasteiger partial charge in [-0.25, -0.2) is 0 Å². The minimum Gasteiger partial charge on any atom is -0.456 e. The van der Waals surface area contributed by atoms with E-state index in [9.17, 15) is 0 Å². The first-order valence-corrected chi connectivity index (χ1v) is 22.2. The van der Waals surface area contributed by atoms with Gasteiger partial charge in [0.1, 0.15) is 22.3 Å². The molecule has 0 aliphatic heterocycles. The van der Waals surface area contributed by atoms with E-state index in [0.717, 1.165) is 78.0 Å². The van der Waals surface area contributed by atoms with Crippen molar-refractivity contribution in [1.82, 2.24) is 0 Å². The van der Waals surface area contributed by atoms with Gasteiger partial charge in [0.15, 0.2) is 0 Å². The van der Waals surface area contributed by atoms with Crippen molar-refractivity contribution < 1.29 is 8.83 Å². The van der Waals surface area contributed by atoms with Gasteiger partial charge in [-0.2, -0.15) is 0 Å². The van der Waals surface area contributed by atoms with Gasteiger partial charge in [0.25, 0.3) is 0 Å². The van der Waals surface area contributed by atoms with Crippen LogP contribution in [0.15, 0.2) is 251 Å². The number of rotatable bonds is 8. The van der Waals surface area contributed by atoms with Gasteiger partial charge in [-0.1, -0.05) is 158 Å². The smallest absolute Gasteiger partial charge is 0.137 e. The number of para-hydroxylation sites is 3. The van der Waals surface area contributed by atoms with Crippen molar-refractivity contribution in [2.75, 3.05) is 9.80 Å². The van der Waals surface area contributed by atoms with Crippen molar-refractivity contribution in [3.05, 3.63) is 265 Å². The third-order valence-corrected chi connectivity index (χ3v) is 13.3. The van der Waals surface area contributed by atoms with Crippen LogP contribution in [-0.2, 0) is 5.41 Å². The monoisotopic (exact) mass is 832 g/mol. The zero-order chi connectivity index (χ0) is 42.9. The van der Waals surface area contributed by atoms with Gasteiger partial charge in [-0.15, -0.1) is 0 Å². The molecule has 0 bridgehead atoms. The summed E-state index contributed by atoms with van der Waals surface area (Å²) in [5.41, 5.74) is 16.5. The van der Waals surface area contributed by atoms with E-state index in [4.69, 9.17) is 8.83 Å². The van der Waals surface area contributed by atoms with Crippen molar-refractivity contribution in [1.29, 1.82) is 0 Å². The van der Waals surface area contributed by atoms with E-state index in [1.165, 1.54) is 33.4 Å². The molecule has 0 saturated carbocycles. The minimum atomic E-state index is -0.567. The van der Waals surface area contributed by atoms with Gasteiger partial charge in [-0.3, -0.25) is 0 Å². The van der Waals surface area contributed by atoms with E-state index in [-0.39, 0.29) is 0 Å². The molecule has 0 unspecified atom stereocenters. The predicted molar refractivity (Wildman–Crippen MR) is 268 cm³/mol. The van der Waals surface area contributed by atoms with Gasteiger partial charge in [0.2, 0.25) is 0 Å². The molecule has 0 saturated heterocycles. The summed E-state index contributed by atoms with van der Waals surface area (Å²) in [6.45, 7) is 0. The average Bonchev–Trinajstić information content (AvgIpc) is 4.04. The second kappa shape index (κ2) is 14.8. The number of benzene rings is 10. The van der Waals surface area contributed by atoms with Crippen molar-refractivity contribution in [2.24, 2.45) is 0 Å². The maximum atomic E-state index is 6.73. The van der Waals surface area contributed by atoms with Crippen LogP contribution in [0, 0.1) is 0 Å². The van der Waals surface area contributed by atoms with Crippen LogP contribution >= 0.6 is 0 Å². The lowest BCUT2D eigenvalue weighted by Crippen LogP contribution is -2.28. The normalized spacial score (nSPS) is 12.7. The lowest BCUT2D eigenvalue weighted by atomic mass is 9.67. The Labute approximate surface area is 376 Å². The SMILES string of the molecule is c1ccc(N(c2ccccc2)c2cccc3oc4ccc(N(c5cccc(C6(c7ccccc7)c7ccccc7-c7ccccc76)c5)c5cccc6oc7ccccc7c56)cc4c23)cc1. The molecule has 0 amide bonds. The largest absolute Gasteiger partial charge is 0.456 e. The third-order valence-electron chi connectivity index (χ3n) is 13.3. The summed E-state index contributed by atoms with van der Waals surface area (Å²) in [7, 11) is 0. The van der Waals surface area contributed by atoms with Gasteiger partial charge in [0.05, 0.1) is 27.6 Å². The van der Waals surface area contributed by atoms with Crippen LogP contribution in [0.2, 0.25) is 0 Å². The number of furan rings is 2. The molecule has 0 radical (unpaired) electrons. The highest BCUT2D eigenvalue weighted by atomic mass is 16.3. The highest BCUT2D eigenvalue weighted by Gasteiger charge is 2.46. The van der Waals surface area contributed by atoms with Crippen LogP contribution in [0.5, 0.6) is 0 Å². The van der Waals surface area contributed by atoms with E-state index in [1.54, 1.807) is 0 Å². The van der Waals surface area contributed by atoms with Crippen LogP contribution in [0.25, 0.3) is 55.0 Å². The Morgan fingerprint density at radius 2 is 0.738 bits per heavy atom. The van der Waals surface area contributed by atoms with E-state index < -0.39 is 5.41 Å². The fourth-order valence-corrected chi connectivity index (χ4v) is 10.7. The first-order chi connectivity index (χ1) is 32.3. The van der Waals surface area contributed by atoms with Crippen molar-refractivity contribution in [3.63, 3.8) is 0 Å². The van der Waals surface area contributed by atoms with Gasteiger partial charge >= 0.3 is 0 Å². The zero-order valence-electron chi connectivity index (χ0n) is 35.3. The molecular weight excluding hydrogens is 793 g/mol. The number of fused-ring (bicyclic) bond motifs is 9. The molecule has 0 atom stereocenters. The maximum absolute atomic E-state index is 6.73. The zero-order valence-corrected chi connectivity index (χ0v) is 35.3. The van der Waals surface area contributed by atoms with Crippen LogP contribution in [-0.4, -0.2) is 0 Å². The third kappa shape index (κ3) is 5.64. The summed E-state index contributed by atoms with van der Waals surface area (Å²) in [4.78, 5) is 4.73. The standard InChI is InChI=1S/C61H40N2O2/c1-4-19-41(20-5-1)61(51-30-13-10-27-47(51)48-28-11-14-31-52(48)61)42-21-16-26-45(39-42)63(53-32-17-35-57-59(53)49-29-12-15-34-55(49)64-57)46-37-38-56-50(40-46)60-54(33-18-36-58(60)65-56)62(43-22-6-2-7-23-43)44-24-8-3-9-25-44/h1-40H. The number of hydrogen-bond acceptors (Lipinski definition) is 4. The molecule has 4 nitrogen and oxygen atoms in total. The Morgan fingerprint density at radius 1 is 0.292 bits per heavy atom. The van der Waals surface area contributed by atoms with Gasteiger partial charge in [-0.05, 0) is 118 Å². The summed E-state index contributed by atoms with van der Waals surface area (Å²) in [6.07, 6.45) is 0. The molecule has 0 N–H and O–H groups in total. The Kier molecular flexibility index (Phi) is 8.40. The number of hydrogen-bond donors (Lipinski definition) is 0. The first kappa shape index (κ1) is 37.0. The van der Waals surface area contributed by atoms with Crippen LogP contribution < -0.4 is 9.80 Å². The Bertz CT molecular complexity index is 3650. The highest BCUT2D eigenvalue weighted by molar-refractivity contribution is 6.16.